The second kappa shape index (κ2) is 15.2. The Morgan fingerprint density at radius 3 is 1.83 bits per heavy atom. The van der Waals surface area contributed by atoms with Crippen molar-refractivity contribution in [3.63, 3.8) is 0 Å². The second-order valence-electron chi connectivity index (χ2n) is 13.3. The Kier molecular flexibility index (Phi) is 10.9. The molecule has 5 N–H and O–H groups in total. The van der Waals surface area contributed by atoms with E-state index in [2.05, 4.69) is 16.0 Å². The molecule has 0 bridgehead atoms. The highest BCUT2D eigenvalue weighted by Crippen LogP contribution is 2.23. The number of aliphatic carboxylic acids is 1. The molecule has 0 saturated carbocycles. The van der Waals surface area contributed by atoms with Gasteiger partial charge in [0, 0.05) is 6.54 Å². The number of hydrogen-bond donors (Lipinski definition) is 5. The van der Waals surface area contributed by atoms with Gasteiger partial charge in [-0.3, -0.25) is 19.7 Å². The predicted octanol–water partition coefficient (Wildman–Crippen LogP) is 5.40. The Hall–Kier alpha value is -5.05. The molecule has 0 heterocycles. The topological polar surface area (TPSA) is 128 Å². The summed E-state index contributed by atoms with van der Waals surface area (Å²) < 4.78 is 0. The molecule has 0 fully saturated rings. The van der Waals surface area contributed by atoms with Gasteiger partial charge < -0.3 is 20.8 Å². The van der Waals surface area contributed by atoms with Gasteiger partial charge in [0.2, 0.25) is 11.8 Å². The van der Waals surface area contributed by atoms with Crippen molar-refractivity contribution in [2.24, 2.45) is 5.41 Å². The van der Waals surface area contributed by atoms with Gasteiger partial charge in [-0.25, -0.2) is 0 Å². The molecule has 48 heavy (non-hydrogen) atoms. The predicted molar refractivity (Wildman–Crippen MR) is 189 cm³/mol. The van der Waals surface area contributed by atoms with Crippen LogP contribution in [-0.4, -0.2) is 52.2 Å². The number of nitrogens with one attached hydrogen (secondary N) is 3. The van der Waals surface area contributed by atoms with Crippen LogP contribution in [0.1, 0.15) is 37.5 Å². The highest BCUT2D eigenvalue weighted by Gasteiger charge is 2.38. The minimum Gasteiger partial charge on any atom is -0.480 e. The van der Waals surface area contributed by atoms with Crippen molar-refractivity contribution in [2.75, 3.05) is 0 Å². The number of amides is 2. The number of carbonyl (C=O) groups excluding carboxylic acids is 2. The van der Waals surface area contributed by atoms with Gasteiger partial charge in [-0.05, 0) is 50.1 Å². The molecule has 0 saturated heterocycles. The van der Waals surface area contributed by atoms with Gasteiger partial charge in [0.25, 0.3) is 0 Å². The summed E-state index contributed by atoms with van der Waals surface area (Å²) in [5.74, 6) is -2.07. The number of aliphatic hydroxyl groups is 1. The Morgan fingerprint density at radius 2 is 1.23 bits per heavy atom. The highest BCUT2D eigenvalue weighted by atomic mass is 16.4. The standard InChI is InChI=1S/C40H43N3O5/c1-40(2,3)37(43-34(44)24-29-19-11-17-27-15-7-9-21-31(27)29)38(46)42-33(23-26-13-5-4-6-14-26)36(45)35(39(47)48)41-25-30-20-12-18-28-16-8-10-22-32(28)30/h4-22,33,35-37,41,45H,23-25H2,1-3H3,(H,42,46)(H,43,44)(H,47,48)/t33-,35+,36+,37+/m0/s1. The number of rotatable bonds is 13. The van der Waals surface area contributed by atoms with Gasteiger partial charge >= 0.3 is 5.97 Å². The average molecular weight is 646 g/mol. The van der Waals surface area contributed by atoms with E-state index in [1.54, 1.807) is 0 Å². The van der Waals surface area contributed by atoms with E-state index < -0.39 is 41.5 Å². The zero-order valence-corrected chi connectivity index (χ0v) is 27.5. The van der Waals surface area contributed by atoms with Gasteiger partial charge in [-0.15, -0.1) is 0 Å². The third kappa shape index (κ3) is 8.45. The lowest BCUT2D eigenvalue weighted by molar-refractivity contribution is -0.144. The SMILES string of the molecule is CC(C)(C)[C@H](NC(=O)Cc1cccc2ccccc12)C(=O)N[C@@H](Cc1ccccc1)[C@@H](O)[C@@H](NCc1cccc2ccccc12)C(=O)O. The van der Waals surface area contributed by atoms with Crippen LogP contribution in [0.2, 0.25) is 0 Å². The van der Waals surface area contributed by atoms with Gasteiger partial charge in [0.15, 0.2) is 0 Å². The van der Waals surface area contributed by atoms with E-state index in [1.807, 2.05) is 136 Å². The monoisotopic (exact) mass is 645 g/mol. The molecule has 4 atom stereocenters. The van der Waals surface area contributed by atoms with Crippen LogP contribution >= 0.6 is 0 Å². The van der Waals surface area contributed by atoms with E-state index in [0.717, 1.165) is 38.2 Å². The van der Waals surface area contributed by atoms with Crippen LogP contribution in [0.5, 0.6) is 0 Å². The first kappa shape index (κ1) is 34.3. The van der Waals surface area contributed by atoms with Crippen LogP contribution < -0.4 is 16.0 Å². The van der Waals surface area contributed by atoms with Crippen molar-refractivity contribution in [1.82, 2.24) is 16.0 Å². The second-order valence-corrected chi connectivity index (χ2v) is 13.3. The van der Waals surface area contributed by atoms with E-state index in [1.165, 1.54) is 0 Å². The summed E-state index contributed by atoms with van der Waals surface area (Å²) in [6.45, 7) is 5.74. The van der Waals surface area contributed by atoms with Crippen molar-refractivity contribution >= 4 is 39.3 Å². The molecule has 2 amide bonds. The van der Waals surface area contributed by atoms with Crippen LogP contribution in [0.4, 0.5) is 0 Å². The normalized spacial score (nSPS) is 14.2. The maximum atomic E-state index is 14.0. The molecule has 0 spiro atoms. The Labute approximate surface area is 281 Å². The van der Waals surface area contributed by atoms with Crippen molar-refractivity contribution in [3.05, 3.63) is 132 Å². The number of carboxylic acids is 1. The fourth-order valence-corrected chi connectivity index (χ4v) is 6.15. The largest absolute Gasteiger partial charge is 0.480 e. The van der Waals surface area contributed by atoms with E-state index >= 15 is 0 Å². The van der Waals surface area contributed by atoms with Crippen LogP contribution in [-0.2, 0) is 33.8 Å². The molecule has 5 rings (SSSR count). The molecule has 0 radical (unpaired) electrons. The first-order chi connectivity index (χ1) is 23.0. The van der Waals surface area contributed by atoms with Crippen molar-refractivity contribution in [1.29, 1.82) is 0 Å². The molecule has 5 aromatic carbocycles. The molecular formula is C40H43N3O5. The lowest BCUT2D eigenvalue weighted by atomic mass is 9.85. The van der Waals surface area contributed by atoms with Gasteiger partial charge in [-0.1, -0.05) is 136 Å². The zero-order chi connectivity index (χ0) is 34.3. The number of benzene rings is 5. The summed E-state index contributed by atoms with van der Waals surface area (Å²) in [5, 5.41) is 34.8. The van der Waals surface area contributed by atoms with Crippen LogP contribution in [0.15, 0.2) is 115 Å². The molecule has 0 aliphatic heterocycles. The highest BCUT2D eigenvalue weighted by molar-refractivity contribution is 5.93. The van der Waals surface area contributed by atoms with Crippen molar-refractivity contribution < 1.29 is 24.6 Å². The Balaban J connectivity index is 1.36. The van der Waals surface area contributed by atoms with Crippen LogP contribution in [0.25, 0.3) is 21.5 Å². The molecule has 8 heteroatoms. The summed E-state index contributed by atoms with van der Waals surface area (Å²) in [5.41, 5.74) is 1.85. The number of carbonyl (C=O) groups is 3. The number of aliphatic hydroxyl groups excluding tert-OH is 1. The third-order valence-corrected chi connectivity index (χ3v) is 8.70. The van der Waals surface area contributed by atoms with Crippen molar-refractivity contribution in [3.8, 4) is 0 Å². The molecule has 0 unspecified atom stereocenters. The van der Waals surface area contributed by atoms with Crippen molar-refractivity contribution in [2.45, 2.75) is 64.4 Å². The van der Waals surface area contributed by atoms with E-state index in [-0.39, 0.29) is 25.3 Å². The van der Waals surface area contributed by atoms with Gasteiger partial charge in [-0.2, -0.15) is 0 Å². The lowest BCUT2D eigenvalue weighted by Crippen LogP contribution is -2.61. The molecule has 0 aliphatic carbocycles. The number of carboxylic acid groups (broad SMARTS) is 1. The first-order valence-electron chi connectivity index (χ1n) is 16.2. The Morgan fingerprint density at radius 1 is 0.688 bits per heavy atom. The number of hydrogen-bond acceptors (Lipinski definition) is 5. The van der Waals surface area contributed by atoms with Gasteiger partial charge in [0.1, 0.15) is 18.2 Å². The first-order valence-corrected chi connectivity index (χ1v) is 16.2. The maximum absolute atomic E-state index is 14.0. The average Bonchev–Trinajstić information content (AvgIpc) is 3.07. The minimum atomic E-state index is -1.51. The molecule has 0 aliphatic rings. The molecule has 8 nitrogen and oxygen atoms in total. The van der Waals surface area contributed by atoms with Crippen LogP contribution in [0, 0.1) is 5.41 Å². The molecule has 0 aromatic heterocycles. The van der Waals surface area contributed by atoms with E-state index in [9.17, 15) is 24.6 Å². The van der Waals surface area contributed by atoms with E-state index in [4.69, 9.17) is 0 Å². The zero-order valence-electron chi connectivity index (χ0n) is 27.5. The fourth-order valence-electron chi connectivity index (χ4n) is 6.15. The summed E-state index contributed by atoms with van der Waals surface area (Å²) in [6.07, 6.45) is -1.25. The summed E-state index contributed by atoms with van der Waals surface area (Å²) in [6, 6.07) is 33.2. The Bertz CT molecular complexity index is 1870. The smallest absolute Gasteiger partial charge is 0.323 e. The fraction of sp³-hybridized carbons (Fsp3) is 0.275. The maximum Gasteiger partial charge on any atom is 0.323 e. The molecule has 5 aromatic rings. The molecular weight excluding hydrogens is 602 g/mol. The summed E-state index contributed by atoms with van der Waals surface area (Å²) >= 11 is 0. The third-order valence-electron chi connectivity index (χ3n) is 8.70. The summed E-state index contributed by atoms with van der Waals surface area (Å²) in [4.78, 5) is 40.0. The molecule has 248 valence electrons. The quantitative estimate of drug-likeness (QED) is 0.117. The van der Waals surface area contributed by atoms with Gasteiger partial charge in [0.05, 0.1) is 12.5 Å². The lowest BCUT2D eigenvalue weighted by Gasteiger charge is -2.34. The minimum absolute atomic E-state index is 0.0798. The van der Waals surface area contributed by atoms with E-state index in [0.29, 0.717) is 0 Å². The summed E-state index contributed by atoms with van der Waals surface area (Å²) in [7, 11) is 0. The van der Waals surface area contributed by atoms with Crippen LogP contribution in [0.3, 0.4) is 0 Å². The number of fused-ring (bicyclic) bond motifs is 2.